The molecule has 0 aromatic heterocycles. The van der Waals surface area contributed by atoms with Gasteiger partial charge in [-0.3, -0.25) is 0 Å². The summed E-state index contributed by atoms with van der Waals surface area (Å²) in [4.78, 5) is 22.9. The van der Waals surface area contributed by atoms with Gasteiger partial charge in [0.1, 0.15) is 10.2 Å². The molecule has 12 heteroatoms. The quantitative estimate of drug-likeness (QED) is 0.311. The molecule has 1 atom stereocenters. The molecular formula is C16H15F4N3O3S2. The molecule has 0 fully saturated rings. The summed E-state index contributed by atoms with van der Waals surface area (Å²) in [7, 11) is 0. The Morgan fingerprint density at radius 1 is 1.21 bits per heavy atom. The summed E-state index contributed by atoms with van der Waals surface area (Å²) in [6.45, 7) is 1.04. The summed E-state index contributed by atoms with van der Waals surface area (Å²) < 4.78 is 65.1. The van der Waals surface area contributed by atoms with E-state index in [-0.39, 0.29) is 12.2 Å². The number of carbonyl (C=O) groups excluding carboxylic acids is 1. The number of halogens is 4. The van der Waals surface area contributed by atoms with Gasteiger partial charge in [-0.05, 0) is 43.7 Å². The van der Waals surface area contributed by atoms with E-state index in [1.54, 1.807) is 12.5 Å². The number of rotatable bonds is 3. The molecule has 0 saturated carbocycles. The maximum absolute atomic E-state index is 13.9. The van der Waals surface area contributed by atoms with Crippen molar-refractivity contribution >= 4 is 45.8 Å². The lowest BCUT2D eigenvalue weighted by Gasteiger charge is -2.29. The molecule has 0 aliphatic carbocycles. The van der Waals surface area contributed by atoms with Gasteiger partial charge in [0.2, 0.25) is 5.90 Å². The zero-order valence-corrected chi connectivity index (χ0v) is 16.5. The van der Waals surface area contributed by atoms with Crippen LogP contribution in [0.1, 0.15) is 12.5 Å². The Labute approximate surface area is 166 Å². The summed E-state index contributed by atoms with van der Waals surface area (Å²) in [6.07, 6.45) is -1.90. The van der Waals surface area contributed by atoms with Crippen molar-refractivity contribution in [3.63, 3.8) is 0 Å². The highest BCUT2D eigenvalue weighted by Crippen LogP contribution is 2.39. The van der Waals surface area contributed by atoms with Crippen molar-refractivity contribution in [2.24, 2.45) is 15.0 Å². The normalized spacial score (nSPS) is 19.2. The summed E-state index contributed by atoms with van der Waals surface area (Å²) in [5.74, 6) is -2.90. The van der Waals surface area contributed by atoms with Gasteiger partial charge in [-0.1, -0.05) is 0 Å². The lowest BCUT2D eigenvalue weighted by atomic mass is 10.1. The third-order valence-corrected chi connectivity index (χ3v) is 5.17. The van der Waals surface area contributed by atoms with Crippen LogP contribution < -0.4 is 0 Å². The largest absolute Gasteiger partial charge is 0.462 e. The second-order valence-corrected chi connectivity index (χ2v) is 6.95. The van der Waals surface area contributed by atoms with Gasteiger partial charge in [-0.15, -0.1) is 23.5 Å². The average molecular weight is 437 g/mol. The first-order chi connectivity index (χ1) is 13.2. The molecule has 0 bridgehead atoms. The smallest absolute Gasteiger partial charge is 0.446 e. The molecule has 0 amide bonds. The number of amidine groups is 1. The van der Waals surface area contributed by atoms with E-state index in [1.807, 2.05) is 0 Å². The molecule has 0 spiro atoms. The van der Waals surface area contributed by atoms with Gasteiger partial charge in [0, 0.05) is 5.56 Å². The number of aliphatic imine (C=N–C) groups is 3. The van der Waals surface area contributed by atoms with Crippen LogP contribution in [0.2, 0.25) is 0 Å². The SMILES string of the molecule is CCOC(=O)[C@]1(C(F)(F)F)N=C(N=C(SC)SC)OC(c2ccc(F)cc2)=N1. The van der Waals surface area contributed by atoms with Crippen LogP contribution in [0.3, 0.4) is 0 Å². The van der Waals surface area contributed by atoms with Crippen molar-refractivity contribution < 1.29 is 31.8 Å². The Hall–Kier alpha value is -2.08. The Balaban J connectivity index is 2.69. The number of nitrogens with zero attached hydrogens (tertiary/aromatic N) is 3. The first-order valence-corrected chi connectivity index (χ1v) is 10.2. The Bertz CT molecular complexity index is 819. The topological polar surface area (TPSA) is 72.6 Å². The predicted octanol–water partition coefficient (Wildman–Crippen LogP) is 3.86. The minimum absolute atomic E-state index is 0.0109. The van der Waals surface area contributed by atoms with Crippen molar-refractivity contribution in [1.29, 1.82) is 0 Å². The Morgan fingerprint density at radius 3 is 2.32 bits per heavy atom. The van der Waals surface area contributed by atoms with E-state index in [2.05, 4.69) is 19.7 Å². The predicted molar refractivity (Wildman–Crippen MR) is 101 cm³/mol. The van der Waals surface area contributed by atoms with Crippen LogP contribution in [0, 0.1) is 5.82 Å². The molecule has 1 aliphatic rings. The van der Waals surface area contributed by atoms with Crippen molar-refractivity contribution in [2.45, 2.75) is 18.8 Å². The van der Waals surface area contributed by atoms with E-state index in [1.165, 1.54) is 6.92 Å². The summed E-state index contributed by atoms with van der Waals surface area (Å²) in [6, 6.07) is 3.66. The first kappa shape index (κ1) is 22.2. The highest BCUT2D eigenvalue weighted by molar-refractivity contribution is 8.38. The van der Waals surface area contributed by atoms with Gasteiger partial charge in [0.25, 0.3) is 0 Å². The van der Waals surface area contributed by atoms with Crippen LogP contribution in [-0.2, 0) is 14.3 Å². The van der Waals surface area contributed by atoms with E-state index in [4.69, 9.17) is 4.74 Å². The average Bonchev–Trinajstić information content (AvgIpc) is 2.65. The molecule has 1 aromatic carbocycles. The zero-order chi connectivity index (χ0) is 20.9. The van der Waals surface area contributed by atoms with E-state index < -0.39 is 35.5 Å². The number of carbonyl (C=O) groups is 1. The van der Waals surface area contributed by atoms with Gasteiger partial charge in [-0.25, -0.2) is 9.18 Å². The number of hydrogen-bond donors (Lipinski definition) is 0. The number of alkyl halides is 3. The molecule has 1 aromatic rings. The van der Waals surface area contributed by atoms with Gasteiger partial charge >= 0.3 is 23.8 Å². The fourth-order valence-corrected chi connectivity index (χ4v) is 3.03. The maximum Gasteiger partial charge on any atom is 0.446 e. The molecular weight excluding hydrogens is 422 g/mol. The highest BCUT2D eigenvalue weighted by Gasteiger charge is 2.65. The number of ether oxygens (including phenoxy) is 2. The van der Waals surface area contributed by atoms with Crippen molar-refractivity contribution in [3.8, 4) is 0 Å². The molecule has 6 nitrogen and oxygen atoms in total. The van der Waals surface area contributed by atoms with E-state index in [0.717, 1.165) is 47.8 Å². The lowest BCUT2D eigenvalue weighted by Crippen LogP contribution is -2.53. The Kier molecular flexibility index (Phi) is 7.10. The third-order valence-electron chi connectivity index (χ3n) is 3.29. The van der Waals surface area contributed by atoms with E-state index >= 15 is 0 Å². The van der Waals surface area contributed by atoms with Crippen molar-refractivity contribution in [3.05, 3.63) is 35.6 Å². The van der Waals surface area contributed by atoms with Gasteiger partial charge in [0.05, 0.1) is 6.61 Å². The highest BCUT2D eigenvalue weighted by atomic mass is 32.2. The fourth-order valence-electron chi connectivity index (χ4n) is 2.02. The first-order valence-electron chi connectivity index (χ1n) is 7.71. The van der Waals surface area contributed by atoms with Crippen LogP contribution in [0.25, 0.3) is 0 Å². The summed E-state index contributed by atoms with van der Waals surface area (Å²) in [5.41, 5.74) is -3.57. The molecule has 0 unspecified atom stereocenters. The molecule has 1 heterocycles. The third kappa shape index (κ3) is 4.66. The summed E-state index contributed by atoms with van der Waals surface area (Å²) in [5, 5.41) is 0. The monoisotopic (exact) mass is 437 g/mol. The number of hydrogen-bond acceptors (Lipinski definition) is 8. The van der Waals surface area contributed by atoms with Gasteiger partial charge in [-0.2, -0.15) is 28.1 Å². The second-order valence-electron chi connectivity index (χ2n) is 5.10. The van der Waals surface area contributed by atoms with E-state index in [0.29, 0.717) is 4.38 Å². The molecule has 1 aliphatic heterocycles. The summed E-state index contributed by atoms with van der Waals surface area (Å²) >= 11 is 2.31. The molecule has 0 N–H and O–H groups in total. The van der Waals surface area contributed by atoms with E-state index in [9.17, 15) is 22.4 Å². The van der Waals surface area contributed by atoms with Crippen molar-refractivity contribution in [2.75, 3.05) is 19.1 Å². The van der Waals surface area contributed by atoms with Crippen LogP contribution in [0.4, 0.5) is 17.6 Å². The molecule has 28 heavy (non-hydrogen) atoms. The van der Waals surface area contributed by atoms with Gasteiger partial charge in [0.15, 0.2) is 0 Å². The van der Waals surface area contributed by atoms with Gasteiger partial charge < -0.3 is 9.47 Å². The fraction of sp³-hybridized carbons (Fsp3) is 0.375. The number of esters is 1. The van der Waals surface area contributed by atoms with Crippen molar-refractivity contribution in [1.82, 2.24) is 0 Å². The number of benzene rings is 1. The second kappa shape index (κ2) is 8.95. The molecule has 152 valence electrons. The van der Waals surface area contributed by atoms with Crippen LogP contribution >= 0.6 is 23.5 Å². The minimum Gasteiger partial charge on any atom is -0.462 e. The zero-order valence-electron chi connectivity index (χ0n) is 14.9. The molecule has 2 rings (SSSR count). The van der Waals surface area contributed by atoms with Crippen LogP contribution in [0.5, 0.6) is 0 Å². The molecule has 0 saturated heterocycles. The lowest BCUT2D eigenvalue weighted by molar-refractivity contribution is -0.204. The minimum atomic E-state index is -5.23. The van der Waals surface area contributed by atoms with Crippen LogP contribution in [-0.4, -0.2) is 53.2 Å². The standard InChI is InChI=1S/C16H15F4N3O3S2/c1-4-25-12(24)15(16(18,19)20)22-11(9-5-7-10(17)8-6-9)26-13(23-15)21-14(27-2)28-3/h5-8H,4H2,1-3H3/t15-/m1/s1. The maximum atomic E-state index is 13.9. The Morgan fingerprint density at radius 2 is 1.82 bits per heavy atom. The van der Waals surface area contributed by atoms with Crippen LogP contribution in [0.15, 0.2) is 39.2 Å². The number of thioether (sulfide) groups is 2. The molecule has 0 radical (unpaired) electrons.